The summed E-state index contributed by atoms with van der Waals surface area (Å²) in [5, 5.41) is 0. The van der Waals surface area contributed by atoms with Gasteiger partial charge in [-0.25, -0.2) is 4.39 Å². The van der Waals surface area contributed by atoms with Crippen molar-refractivity contribution < 1.29 is 9.13 Å². The van der Waals surface area contributed by atoms with Crippen LogP contribution in [-0.2, 0) is 0 Å². The number of ether oxygens (including phenoxy) is 1. The first-order chi connectivity index (χ1) is 10.1. The number of imidazole rings is 1. The molecule has 3 aromatic rings. The lowest BCUT2D eigenvalue weighted by molar-refractivity contribution is 0.398. The van der Waals surface area contributed by atoms with E-state index in [1.54, 1.807) is 35.9 Å². The largest absolute Gasteiger partial charge is 0.481 e. The molecule has 2 heterocycles. The van der Waals surface area contributed by atoms with E-state index in [4.69, 9.17) is 17.0 Å². The summed E-state index contributed by atoms with van der Waals surface area (Å²) in [6.07, 6.45) is 0. The number of fused-ring (bicyclic) bond motifs is 1. The minimum absolute atomic E-state index is 0.260. The zero-order valence-corrected chi connectivity index (χ0v) is 12.4. The van der Waals surface area contributed by atoms with E-state index in [1.165, 1.54) is 6.07 Å². The first kappa shape index (κ1) is 13.8. The monoisotopic (exact) mass is 303 g/mol. The third-order valence-electron chi connectivity index (χ3n) is 3.49. The molecule has 0 radical (unpaired) electrons. The van der Waals surface area contributed by atoms with Crippen molar-refractivity contribution in [2.75, 3.05) is 7.11 Å². The van der Waals surface area contributed by atoms with Gasteiger partial charge >= 0.3 is 0 Å². The summed E-state index contributed by atoms with van der Waals surface area (Å²) in [7, 11) is 1.56. The molecule has 6 heteroatoms. The van der Waals surface area contributed by atoms with Gasteiger partial charge in [0.2, 0.25) is 5.88 Å². The Kier molecular flexibility index (Phi) is 3.47. The minimum Gasteiger partial charge on any atom is -0.481 e. The van der Waals surface area contributed by atoms with E-state index in [0.717, 1.165) is 5.52 Å². The average molecular weight is 303 g/mol. The van der Waals surface area contributed by atoms with Gasteiger partial charge in [-0.05, 0) is 31.3 Å². The van der Waals surface area contributed by atoms with Gasteiger partial charge < -0.3 is 9.72 Å². The summed E-state index contributed by atoms with van der Waals surface area (Å²) in [4.78, 5) is 7.50. The van der Waals surface area contributed by atoms with Crippen molar-refractivity contribution in [1.29, 1.82) is 0 Å². The molecule has 0 aliphatic carbocycles. The van der Waals surface area contributed by atoms with E-state index in [2.05, 4.69) is 9.97 Å². The highest BCUT2D eigenvalue weighted by Crippen LogP contribution is 2.26. The predicted molar refractivity (Wildman–Crippen MR) is 81.7 cm³/mol. The normalized spacial score (nSPS) is 12.5. The quantitative estimate of drug-likeness (QED) is 0.747. The second kappa shape index (κ2) is 5.29. The van der Waals surface area contributed by atoms with Gasteiger partial charge in [0, 0.05) is 11.6 Å². The fraction of sp³-hybridized carbons (Fsp3) is 0.200. The zero-order chi connectivity index (χ0) is 15.0. The highest BCUT2D eigenvalue weighted by atomic mass is 32.1. The number of methoxy groups -OCH3 is 1. The van der Waals surface area contributed by atoms with E-state index >= 15 is 0 Å². The van der Waals surface area contributed by atoms with Gasteiger partial charge in [0.25, 0.3) is 0 Å². The number of nitrogens with one attached hydrogen (secondary N) is 1. The molecule has 3 rings (SSSR count). The van der Waals surface area contributed by atoms with E-state index in [1.807, 2.05) is 13.0 Å². The van der Waals surface area contributed by atoms with Crippen molar-refractivity contribution in [2.45, 2.75) is 13.0 Å². The Balaban J connectivity index is 2.22. The lowest BCUT2D eigenvalue weighted by atomic mass is 10.1. The molecule has 0 saturated carbocycles. The Morgan fingerprint density at radius 1 is 1.29 bits per heavy atom. The first-order valence-electron chi connectivity index (χ1n) is 6.51. The minimum atomic E-state index is -0.271. The Hall–Kier alpha value is -2.21. The van der Waals surface area contributed by atoms with Crippen LogP contribution in [-0.4, -0.2) is 21.6 Å². The summed E-state index contributed by atoms with van der Waals surface area (Å²) in [5.41, 5.74) is 2.01. The molecule has 0 amide bonds. The fourth-order valence-electron chi connectivity index (χ4n) is 2.41. The molecule has 0 aliphatic heterocycles. The van der Waals surface area contributed by atoms with Gasteiger partial charge in [-0.2, -0.15) is 4.98 Å². The molecule has 1 N–H and O–H groups in total. The standard InChI is InChI=1S/C15H14FN3OS/c1-9(10-5-3-4-6-11(10)16)19-14-12(17-15(19)21)7-8-13(18-14)20-2/h3-9H,1-2H3,(H,17,21). The number of hydrogen-bond acceptors (Lipinski definition) is 3. The molecule has 21 heavy (non-hydrogen) atoms. The molecule has 2 aromatic heterocycles. The number of aromatic nitrogens is 3. The van der Waals surface area contributed by atoms with Crippen LogP contribution in [0.1, 0.15) is 18.5 Å². The van der Waals surface area contributed by atoms with E-state index in [9.17, 15) is 4.39 Å². The lowest BCUT2D eigenvalue weighted by Crippen LogP contribution is -2.09. The van der Waals surface area contributed by atoms with Gasteiger partial charge in [0.05, 0.1) is 18.7 Å². The van der Waals surface area contributed by atoms with Crippen LogP contribution in [0, 0.1) is 10.6 Å². The highest BCUT2D eigenvalue weighted by Gasteiger charge is 2.17. The molecular formula is C15H14FN3OS. The third-order valence-corrected chi connectivity index (χ3v) is 3.79. The molecule has 4 nitrogen and oxygen atoms in total. The summed E-state index contributed by atoms with van der Waals surface area (Å²) in [6, 6.07) is 10.0. The van der Waals surface area contributed by atoms with Gasteiger partial charge in [0.15, 0.2) is 10.4 Å². The Bertz CT molecular complexity index is 855. The fourth-order valence-corrected chi connectivity index (χ4v) is 2.76. The van der Waals surface area contributed by atoms with Crippen molar-refractivity contribution in [2.24, 2.45) is 0 Å². The van der Waals surface area contributed by atoms with Crippen LogP contribution in [0.4, 0.5) is 4.39 Å². The van der Waals surface area contributed by atoms with Crippen molar-refractivity contribution in [1.82, 2.24) is 14.5 Å². The Morgan fingerprint density at radius 2 is 2.05 bits per heavy atom. The predicted octanol–water partition coefficient (Wildman–Crippen LogP) is 3.85. The smallest absolute Gasteiger partial charge is 0.215 e. The van der Waals surface area contributed by atoms with Crippen LogP contribution in [0.25, 0.3) is 11.2 Å². The third kappa shape index (κ3) is 2.31. The summed E-state index contributed by atoms with van der Waals surface area (Å²) in [6.45, 7) is 1.89. The second-order valence-electron chi connectivity index (χ2n) is 4.72. The number of nitrogens with zero attached hydrogens (tertiary/aromatic N) is 2. The molecule has 0 bridgehead atoms. The van der Waals surface area contributed by atoms with Crippen molar-refractivity contribution in [3.63, 3.8) is 0 Å². The first-order valence-corrected chi connectivity index (χ1v) is 6.92. The number of H-pyrrole nitrogens is 1. The van der Waals surface area contributed by atoms with Gasteiger partial charge in [0.1, 0.15) is 5.82 Å². The van der Waals surface area contributed by atoms with Crippen LogP contribution < -0.4 is 4.74 Å². The van der Waals surface area contributed by atoms with Gasteiger partial charge in [-0.1, -0.05) is 18.2 Å². The Labute approximate surface area is 126 Å². The maximum atomic E-state index is 14.0. The van der Waals surface area contributed by atoms with Crippen LogP contribution in [0.2, 0.25) is 0 Å². The second-order valence-corrected chi connectivity index (χ2v) is 5.11. The number of rotatable bonds is 3. The number of benzene rings is 1. The number of hydrogen-bond donors (Lipinski definition) is 1. The molecule has 1 aromatic carbocycles. The van der Waals surface area contributed by atoms with E-state index in [0.29, 0.717) is 21.9 Å². The number of aromatic amines is 1. The molecule has 1 unspecified atom stereocenters. The average Bonchev–Trinajstić information content (AvgIpc) is 2.81. The molecule has 1 atom stereocenters. The van der Waals surface area contributed by atoms with Gasteiger partial charge in [-0.15, -0.1) is 0 Å². The van der Waals surface area contributed by atoms with E-state index < -0.39 is 0 Å². The van der Waals surface area contributed by atoms with Crippen molar-refractivity contribution in [3.05, 3.63) is 52.5 Å². The highest BCUT2D eigenvalue weighted by molar-refractivity contribution is 7.71. The van der Waals surface area contributed by atoms with Crippen LogP contribution in [0.15, 0.2) is 36.4 Å². The number of pyridine rings is 1. The van der Waals surface area contributed by atoms with Crippen molar-refractivity contribution in [3.8, 4) is 5.88 Å². The summed E-state index contributed by atoms with van der Waals surface area (Å²) in [5.74, 6) is 0.232. The topological polar surface area (TPSA) is 42.8 Å². The zero-order valence-electron chi connectivity index (χ0n) is 11.6. The summed E-state index contributed by atoms with van der Waals surface area (Å²) >= 11 is 5.36. The van der Waals surface area contributed by atoms with Crippen LogP contribution in [0.5, 0.6) is 5.88 Å². The maximum absolute atomic E-state index is 14.0. The SMILES string of the molecule is COc1ccc2[nH]c(=S)n(C(C)c3ccccc3F)c2n1. The van der Waals surface area contributed by atoms with Crippen molar-refractivity contribution >= 4 is 23.4 Å². The summed E-state index contributed by atoms with van der Waals surface area (Å²) < 4.78 is 21.5. The molecule has 108 valence electrons. The Morgan fingerprint density at radius 3 is 2.76 bits per heavy atom. The maximum Gasteiger partial charge on any atom is 0.215 e. The van der Waals surface area contributed by atoms with Gasteiger partial charge in [-0.3, -0.25) is 4.57 Å². The van der Waals surface area contributed by atoms with E-state index in [-0.39, 0.29) is 11.9 Å². The van der Waals surface area contributed by atoms with Crippen LogP contribution in [0.3, 0.4) is 0 Å². The number of halogens is 1. The molecular weight excluding hydrogens is 289 g/mol. The van der Waals surface area contributed by atoms with Crippen LogP contribution >= 0.6 is 12.2 Å². The molecule has 0 fully saturated rings. The molecule has 0 aliphatic rings. The molecule has 0 spiro atoms. The lowest BCUT2D eigenvalue weighted by Gasteiger charge is -2.15. The molecule has 0 saturated heterocycles.